The van der Waals surface area contributed by atoms with Crippen LogP contribution in [0.15, 0.2) is 48.5 Å². The van der Waals surface area contributed by atoms with Crippen molar-refractivity contribution in [3.05, 3.63) is 54.1 Å². The normalized spacial score (nSPS) is 20.7. The molecule has 132 valence electrons. The minimum atomic E-state index is 0.415. The third-order valence-electron chi connectivity index (χ3n) is 5.27. The van der Waals surface area contributed by atoms with E-state index in [9.17, 15) is 0 Å². The maximum absolute atomic E-state index is 5.91. The van der Waals surface area contributed by atoms with Crippen molar-refractivity contribution in [3.63, 3.8) is 0 Å². The van der Waals surface area contributed by atoms with Crippen LogP contribution in [0.4, 0.5) is 5.69 Å². The van der Waals surface area contributed by atoms with E-state index in [0.29, 0.717) is 12.1 Å². The second kappa shape index (κ2) is 7.36. The number of ether oxygens (including phenoxy) is 2. The zero-order chi connectivity index (χ0) is 17.1. The summed E-state index contributed by atoms with van der Waals surface area (Å²) in [6, 6.07) is 17.6. The Hall–Kier alpha value is -2.20. The Labute approximate surface area is 149 Å². The number of fused-ring (bicyclic) bond motifs is 1. The highest BCUT2D eigenvalue weighted by Gasteiger charge is 2.26. The summed E-state index contributed by atoms with van der Waals surface area (Å²) in [6.45, 7) is 2.88. The van der Waals surface area contributed by atoms with Crippen LogP contribution in [0.2, 0.25) is 0 Å². The number of piperidine rings is 1. The van der Waals surface area contributed by atoms with Gasteiger partial charge in [0.15, 0.2) is 0 Å². The van der Waals surface area contributed by atoms with Crippen LogP contribution >= 0.6 is 0 Å². The summed E-state index contributed by atoms with van der Waals surface area (Å²) in [5.41, 5.74) is 2.52. The van der Waals surface area contributed by atoms with Gasteiger partial charge in [-0.15, -0.1) is 0 Å². The van der Waals surface area contributed by atoms with Crippen LogP contribution < -0.4 is 19.7 Å². The minimum Gasteiger partial charge on any atom is -0.495 e. The zero-order valence-corrected chi connectivity index (χ0v) is 14.8. The van der Waals surface area contributed by atoms with Gasteiger partial charge in [0.25, 0.3) is 0 Å². The number of rotatable bonds is 4. The van der Waals surface area contributed by atoms with E-state index in [2.05, 4.69) is 40.5 Å². The fraction of sp³-hybridized carbons (Fsp3) is 0.429. The second-order valence-electron chi connectivity index (χ2n) is 6.92. The monoisotopic (exact) mass is 338 g/mol. The van der Waals surface area contributed by atoms with Crippen molar-refractivity contribution in [2.75, 3.05) is 31.7 Å². The highest BCUT2D eigenvalue weighted by Crippen LogP contribution is 2.30. The van der Waals surface area contributed by atoms with E-state index in [-0.39, 0.29) is 0 Å². The van der Waals surface area contributed by atoms with Gasteiger partial charge in [-0.2, -0.15) is 0 Å². The molecule has 4 heteroatoms. The van der Waals surface area contributed by atoms with Crippen molar-refractivity contribution in [1.29, 1.82) is 0 Å². The van der Waals surface area contributed by atoms with E-state index in [0.717, 1.165) is 50.5 Å². The van der Waals surface area contributed by atoms with Crippen LogP contribution in [0.25, 0.3) is 0 Å². The lowest BCUT2D eigenvalue weighted by Crippen LogP contribution is -2.49. The van der Waals surface area contributed by atoms with Gasteiger partial charge in [0.05, 0.1) is 12.8 Å². The summed E-state index contributed by atoms with van der Waals surface area (Å²) in [5, 5.41) is 3.82. The first kappa shape index (κ1) is 16.3. The summed E-state index contributed by atoms with van der Waals surface area (Å²) in [6.07, 6.45) is 3.36. The number of methoxy groups -OCH3 is 1. The van der Waals surface area contributed by atoms with Gasteiger partial charge < -0.3 is 19.7 Å². The Morgan fingerprint density at radius 1 is 1.00 bits per heavy atom. The molecule has 0 radical (unpaired) electrons. The lowest BCUT2D eigenvalue weighted by atomic mass is 9.99. The van der Waals surface area contributed by atoms with Crippen LogP contribution in [0.5, 0.6) is 11.5 Å². The third kappa shape index (κ3) is 3.59. The third-order valence-corrected chi connectivity index (χ3v) is 5.27. The summed E-state index contributed by atoms with van der Waals surface area (Å²) in [7, 11) is 1.74. The molecule has 2 heterocycles. The van der Waals surface area contributed by atoms with E-state index < -0.39 is 0 Å². The quantitative estimate of drug-likeness (QED) is 0.928. The van der Waals surface area contributed by atoms with Crippen molar-refractivity contribution in [2.24, 2.45) is 0 Å². The van der Waals surface area contributed by atoms with E-state index >= 15 is 0 Å². The maximum atomic E-state index is 5.91. The molecule has 2 aliphatic rings. The average molecular weight is 338 g/mol. The van der Waals surface area contributed by atoms with Crippen molar-refractivity contribution >= 4 is 5.69 Å². The molecule has 2 aromatic rings. The average Bonchev–Trinajstić information content (AvgIpc) is 2.68. The standard InChI is InChI=1S/C21H26N2O2/c1-24-21-9-5-3-7-19(21)23-12-10-17(11-13-23)22-18-14-16-6-2-4-8-20(16)25-15-18/h2-9,17-18,22H,10-15H2,1H3. The first-order valence-electron chi connectivity index (χ1n) is 9.18. The number of nitrogens with zero attached hydrogens (tertiary/aromatic N) is 1. The molecular weight excluding hydrogens is 312 g/mol. The number of nitrogens with one attached hydrogen (secondary N) is 1. The van der Waals surface area contributed by atoms with Crippen LogP contribution in [0.1, 0.15) is 18.4 Å². The van der Waals surface area contributed by atoms with Crippen LogP contribution in [-0.4, -0.2) is 38.9 Å². The molecule has 1 N–H and O–H groups in total. The number of para-hydroxylation sites is 3. The van der Waals surface area contributed by atoms with E-state index in [1.807, 2.05) is 18.2 Å². The van der Waals surface area contributed by atoms with Gasteiger partial charge in [-0.3, -0.25) is 0 Å². The maximum Gasteiger partial charge on any atom is 0.142 e. The molecule has 2 aromatic carbocycles. The second-order valence-corrected chi connectivity index (χ2v) is 6.92. The van der Waals surface area contributed by atoms with Gasteiger partial charge >= 0.3 is 0 Å². The first-order valence-corrected chi connectivity index (χ1v) is 9.18. The Morgan fingerprint density at radius 3 is 2.60 bits per heavy atom. The van der Waals surface area contributed by atoms with E-state index in [4.69, 9.17) is 9.47 Å². The topological polar surface area (TPSA) is 33.7 Å². The highest BCUT2D eigenvalue weighted by atomic mass is 16.5. The highest BCUT2D eigenvalue weighted by molar-refractivity contribution is 5.58. The van der Waals surface area contributed by atoms with Crippen molar-refractivity contribution < 1.29 is 9.47 Å². The first-order chi connectivity index (χ1) is 12.3. The Bertz CT molecular complexity index is 711. The molecule has 4 nitrogen and oxygen atoms in total. The molecule has 1 unspecified atom stereocenters. The van der Waals surface area contributed by atoms with Gasteiger partial charge in [-0.05, 0) is 43.0 Å². The molecule has 0 spiro atoms. The number of benzene rings is 2. The Morgan fingerprint density at radius 2 is 1.76 bits per heavy atom. The SMILES string of the molecule is COc1ccccc1N1CCC(NC2COc3ccccc3C2)CC1. The predicted molar refractivity (Wildman–Crippen MR) is 101 cm³/mol. The number of hydrogen-bond acceptors (Lipinski definition) is 4. The van der Waals surface area contributed by atoms with Gasteiger partial charge in [0, 0.05) is 25.2 Å². The Kier molecular flexibility index (Phi) is 4.79. The molecule has 25 heavy (non-hydrogen) atoms. The van der Waals surface area contributed by atoms with Gasteiger partial charge in [0.2, 0.25) is 0 Å². The van der Waals surface area contributed by atoms with Crippen LogP contribution in [-0.2, 0) is 6.42 Å². The summed E-state index contributed by atoms with van der Waals surface area (Å²) >= 11 is 0. The molecule has 0 amide bonds. The fourth-order valence-corrected chi connectivity index (χ4v) is 3.95. The minimum absolute atomic E-state index is 0.415. The molecule has 1 fully saturated rings. The van der Waals surface area contributed by atoms with Crippen molar-refractivity contribution in [1.82, 2.24) is 5.32 Å². The largest absolute Gasteiger partial charge is 0.495 e. The fourth-order valence-electron chi connectivity index (χ4n) is 3.95. The summed E-state index contributed by atoms with van der Waals surface area (Å²) in [4.78, 5) is 2.43. The summed E-state index contributed by atoms with van der Waals surface area (Å²) < 4.78 is 11.4. The lowest BCUT2D eigenvalue weighted by molar-refractivity contribution is 0.219. The lowest BCUT2D eigenvalue weighted by Gasteiger charge is -2.37. The number of anilines is 1. The predicted octanol–water partition coefficient (Wildman–Crippen LogP) is 3.26. The van der Waals surface area contributed by atoms with Crippen LogP contribution in [0, 0.1) is 0 Å². The molecule has 2 aliphatic heterocycles. The van der Waals surface area contributed by atoms with Crippen molar-refractivity contribution in [2.45, 2.75) is 31.3 Å². The molecule has 1 atom stereocenters. The summed E-state index contributed by atoms with van der Waals surface area (Å²) in [5.74, 6) is 2.01. The smallest absolute Gasteiger partial charge is 0.142 e. The molecule has 0 saturated carbocycles. The number of hydrogen-bond donors (Lipinski definition) is 1. The molecule has 1 saturated heterocycles. The van der Waals surface area contributed by atoms with Gasteiger partial charge in [-0.25, -0.2) is 0 Å². The molecular formula is C21H26N2O2. The van der Waals surface area contributed by atoms with Crippen LogP contribution in [0.3, 0.4) is 0 Å². The van der Waals surface area contributed by atoms with E-state index in [1.165, 1.54) is 11.3 Å². The molecule has 0 aliphatic carbocycles. The van der Waals surface area contributed by atoms with Gasteiger partial charge in [0.1, 0.15) is 18.1 Å². The van der Waals surface area contributed by atoms with Crippen molar-refractivity contribution in [3.8, 4) is 11.5 Å². The molecule has 0 aromatic heterocycles. The van der Waals surface area contributed by atoms with E-state index in [1.54, 1.807) is 7.11 Å². The van der Waals surface area contributed by atoms with Gasteiger partial charge in [-0.1, -0.05) is 30.3 Å². The Balaban J connectivity index is 1.32. The molecule has 4 rings (SSSR count). The molecule has 0 bridgehead atoms. The zero-order valence-electron chi connectivity index (χ0n) is 14.8.